The number of anilines is 1. The van der Waals surface area contributed by atoms with Crippen molar-refractivity contribution in [2.75, 3.05) is 32.7 Å². The van der Waals surface area contributed by atoms with Crippen LogP contribution < -0.4 is 16.0 Å². The summed E-state index contributed by atoms with van der Waals surface area (Å²) in [6.45, 7) is 2.82. The fourth-order valence-electron chi connectivity index (χ4n) is 1.78. The van der Waals surface area contributed by atoms with Gasteiger partial charge >= 0.3 is 0 Å². The van der Waals surface area contributed by atoms with Gasteiger partial charge in [0.1, 0.15) is 5.82 Å². The number of nitrogens with zero attached hydrogens (tertiary/aromatic N) is 2. The molecule has 1 atom stereocenters. The van der Waals surface area contributed by atoms with Crippen LogP contribution in [0.1, 0.15) is 12.5 Å². The van der Waals surface area contributed by atoms with Crippen molar-refractivity contribution < 1.29 is 9.13 Å². The summed E-state index contributed by atoms with van der Waals surface area (Å²) < 4.78 is 18.8. The zero-order valence-corrected chi connectivity index (χ0v) is 12.5. The van der Waals surface area contributed by atoms with E-state index in [1.165, 1.54) is 6.07 Å². The van der Waals surface area contributed by atoms with Crippen LogP contribution in [0.15, 0.2) is 23.2 Å². The Hall–Kier alpha value is -1.82. The number of benzene rings is 1. The highest BCUT2D eigenvalue weighted by molar-refractivity contribution is 5.78. The summed E-state index contributed by atoms with van der Waals surface area (Å²) in [5.74, 6) is 0.0635. The molecule has 0 aliphatic carbocycles. The number of methoxy groups -OCH3 is 1. The van der Waals surface area contributed by atoms with Gasteiger partial charge in [0, 0.05) is 27.2 Å². The molecule has 0 amide bonds. The lowest BCUT2D eigenvalue weighted by Gasteiger charge is -2.14. The molecule has 6 heteroatoms. The van der Waals surface area contributed by atoms with Gasteiger partial charge in [-0.05, 0) is 24.6 Å². The minimum atomic E-state index is -0.262. The van der Waals surface area contributed by atoms with Gasteiger partial charge < -0.3 is 20.7 Å². The zero-order valence-electron chi connectivity index (χ0n) is 12.5. The van der Waals surface area contributed by atoms with Crippen molar-refractivity contribution in [2.24, 2.45) is 10.7 Å². The summed E-state index contributed by atoms with van der Waals surface area (Å²) in [5.41, 5.74) is 7.08. The third-order valence-corrected chi connectivity index (χ3v) is 2.74. The van der Waals surface area contributed by atoms with Gasteiger partial charge in [-0.3, -0.25) is 0 Å². The number of ether oxygens (including phenoxy) is 1. The average molecular weight is 282 g/mol. The van der Waals surface area contributed by atoms with Crippen molar-refractivity contribution in [1.82, 2.24) is 5.32 Å². The number of nitrogens with one attached hydrogen (secondary N) is 1. The summed E-state index contributed by atoms with van der Waals surface area (Å²) in [7, 11) is 5.23. The highest BCUT2D eigenvalue weighted by Gasteiger charge is 2.05. The quantitative estimate of drug-likeness (QED) is 0.610. The summed E-state index contributed by atoms with van der Waals surface area (Å²) in [5, 5.41) is 3.00. The molecule has 0 saturated heterocycles. The van der Waals surface area contributed by atoms with Gasteiger partial charge in [0.05, 0.1) is 18.8 Å². The van der Waals surface area contributed by atoms with Crippen LogP contribution in [0.5, 0.6) is 0 Å². The van der Waals surface area contributed by atoms with Crippen molar-refractivity contribution in [3.05, 3.63) is 29.6 Å². The largest absolute Gasteiger partial charge is 0.383 e. The zero-order chi connectivity index (χ0) is 15.1. The van der Waals surface area contributed by atoms with Gasteiger partial charge in [0.15, 0.2) is 5.96 Å². The highest BCUT2D eigenvalue weighted by atomic mass is 19.1. The van der Waals surface area contributed by atoms with E-state index in [0.717, 1.165) is 5.56 Å². The number of rotatable bonds is 6. The van der Waals surface area contributed by atoms with Gasteiger partial charge in [-0.1, -0.05) is 6.07 Å². The molecule has 5 nitrogen and oxygen atoms in total. The standard InChI is InChI=1S/C14H23FN4O/c1-10(9-20-4)18-14(16)17-8-11-5-6-13(19(2)3)12(15)7-11/h5-7,10H,8-9H2,1-4H3,(H3,16,17,18). The smallest absolute Gasteiger partial charge is 0.189 e. The molecule has 1 aromatic rings. The van der Waals surface area contributed by atoms with Crippen LogP contribution in [0.3, 0.4) is 0 Å². The minimum Gasteiger partial charge on any atom is -0.383 e. The fourth-order valence-corrected chi connectivity index (χ4v) is 1.78. The van der Waals surface area contributed by atoms with Gasteiger partial charge in [-0.2, -0.15) is 0 Å². The second-order valence-electron chi connectivity index (χ2n) is 4.88. The first kappa shape index (κ1) is 16.2. The molecule has 1 unspecified atom stereocenters. The molecule has 112 valence electrons. The highest BCUT2D eigenvalue weighted by Crippen LogP contribution is 2.18. The Morgan fingerprint density at radius 3 is 2.75 bits per heavy atom. The van der Waals surface area contributed by atoms with Crippen molar-refractivity contribution in [2.45, 2.75) is 19.5 Å². The molecule has 0 spiro atoms. The first-order valence-electron chi connectivity index (χ1n) is 6.45. The topological polar surface area (TPSA) is 62.9 Å². The number of aliphatic imine (C=N–C) groups is 1. The maximum Gasteiger partial charge on any atom is 0.189 e. The molecule has 1 rings (SSSR count). The maximum atomic E-state index is 13.8. The molecular formula is C14H23FN4O. The molecule has 1 aromatic carbocycles. The van der Waals surface area contributed by atoms with E-state index in [9.17, 15) is 4.39 Å². The molecule has 0 bridgehead atoms. The summed E-state index contributed by atoms with van der Waals surface area (Å²) in [6.07, 6.45) is 0. The van der Waals surface area contributed by atoms with E-state index in [2.05, 4.69) is 10.3 Å². The van der Waals surface area contributed by atoms with E-state index in [-0.39, 0.29) is 11.9 Å². The predicted molar refractivity (Wildman–Crippen MR) is 80.5 cm³/mol. The number of hydrogen-bond donors (Lipinski definition) is 2. The van der Waals surface area contributed by atoms with Gasteiger partial charge in [-0.15, -0.1) is 0 Å². The third kappa shape index (κ3) is 5.05. The van der Waals surface area contributed by atoms with Crippen LogP contribution in [0.25, 0.3) is 0 Å². The van der Waals surface area contributed by atoms with Crippen LogP contribution in [0.4, 0.5) is 10.1 Å². The van der Waals surface area contributed by atoms with Gasteiger partial charge in [-0.25, -0.2) is 9.38 Å². The molecule has 0 fully saturated rings. The molecule has 0 aromatic heterocycles. The summed E-state index contributed by atoms with van der Waals surface area (Å²) in [4.78, 5) is 5.91. The molecule has 0 radical (unpaired) electrons. The Labute approximate surface area is 119 Å². The Kier molecular flexibility index (Phi) is 6.24. The Morgan fingerprint density at radius 2 is 2.20 bits per heavy atom. The lowest BCUT2D eigenvalue weighted by Crippen LogP contribution is -2.40. The average Bonchev–Trinajstić information content (AvgIpc) is 2.36. The van der Waals surface area contributed by atoms with E-state index < -0.39 is 0 Å². The van der Waals surface area contributed by atoms with Crippen molar-refractivity contribution in [3.8, 4) is 0 Å². The molecule has 0 aliphatic heterocycles. The Morgan fingerprint density at radius 1 is 1.50 bits per heavy atom. The Bertz CT molecular complexity index is 462. The molecular weight excluding hydrogens is 259 g/mol. The van der Waals surface area contributed by atoms with E-state index in [1.807, 2.05) is 13.0 Å². The third-order valence-electron chi connectivity index (χ3n) is 2.74. The van der Waals surface area contributed by atoms with E-state index >= 15 is 0 Å². The van der Waals surface area contributed by atoms with E-state index in [0.29, 0.717) is 24.8 Å². The first-order valence-corrected chi connectivity index (χ1v) is 6.45. The number of nitrogens with two attached hydrogens (primary N) is 1. The number of guanidine groups is 1. The monoisotopic (exact) mass is 282 g/mol. The van der Waals surface area contributed by atoms with Crippen LogP contribution in [-0.2, 0) is 11.3 Å². The summed E-state index contributed by atoms with van der Waals surface area (Å²) >= 11 is 0. The Balaban J connectivity index is 2.63. The molecule has 0 heterocycles. The van der Waals surface area contributed by atoms with Gasteiger partial charge in [0.2, 0.25) is 0 Å². The van der Waals surface area contributed by atoms with Crippen LogP contribution >= 0.6 is 0 Å². The molecule has 0 saturated carbocycles. The van der Waals surface area contributed by atoms with Crippen molar-refractivity contribution in [1.29, 1.82) is 0 Å². The molecule has 3 N–H and O–H groups in total. The summed E-state index contributed by atoms with van der Waals surface area (Å²) in [6, 6.07) is 5.13. The lowest BCUT2D eigenvalue weighted by atomic mass is 10.2. The maximum absolute atomic E-state index is 13.8. The molecule has 0 aliphatic rings. The van der Waals surface area contributed by atoms with Crippen LogP contribution in [0, 0.1) is 5.82 Å². The minimum absolute atomic E-state index is 0.0802. The molecule has 20 heavy (non-hydrogen) atoms. The normalized spacial score (nSPS) is 13.2. The fraction of sp³-hybridized carbons (Fsp3) is 0.500. The second kappa shape index (κ2) is 7.69. The van der Waals surface area contributed by atoms with E-state index in [4.69, 9.17) is 10.5 Å². The number of halogens is 1. The lowest BCUT2D eigenvalue weighted by molar-refractivity contribution is 0.179. The second-order valence-corrected chi connectivity index (χ2v) is 4.88. The van der Waals surface area contributed by atoms with Crippen LogP contribution in [0.2, 0.25) is 0 Å². The first-order chi connectivity index (χ1) is 9.43. The van der Waals surface area contributed by atoms with Crippen LogP contribution in [-0.4, -0.2) is 39.8 Å². The SMILES string of the molecule is COCC(C)NC(N)=NCc1ccc(N(C)C)c(F)c1. The van der Waals surface area contributed by atoms with Crippen molar-refractivity contribution in [3.63, 3.8) is 0 Å². The van der Waals surface area contributed by atoms with Crippen molar-refractivity contribution >= 4 is 11.6 Å². The number of hydrogen-bond acceptors (Lipinski definition) is 3. The van der Waals surface area contributed by atoms with Gasteiger partial charge in [0.25, 0.3) is 0 Å². The predicted octanol–water partition coefficient (Wildman–Crippen LogP) is 1.33. The van der Waals surface area contributed by atoms with E-state index in [1.54, 1.807) is 32.2 Å².